The van der Waals surface area contributed by atoms with Crippen molar-refractivity contribution in [1.29, 1.82) is 0 Å². The van der Waals surface area contributed by atoms with Crippen LogP contribution in [0.3, 0.4) is 0 Å². The largest absolute Gasteiger partial charge is 0.481 e. The van der Waals surface area contributed by atoms with Crippen LogP contribution in [0, 0.1) is 5.92 Å². The molecule has 142 valence electrons. The van der Waals surface area contributed by atoms with E-state index in [2.05, 4.69) is 0 Å². The van der Waals surface area contributed by atoms with E-state index in [1.165, 1.54) is 4.90 Å². The third-order valence-electron chi connectivity index (χ3n) is 4.39. The molecular weight excluding hydrogens is 376 g/mol. The Labute approximate surface area is 162 Å². The van der Waals surface area contributed by atoms with E-state index in [4.69, 9.17) is 16.7 Å². The standard InChI is InChI=1S/C18H23ClN2O4S/c1-3-26-15-5-4-13(19)10-14(15)17(23)20(2)11-16(22)21-8-6-12(7-9-21)18(24)25/h4-5,10,12H,3,6-9,11H2,1-2H3,(H,24,25). The van der Waals surface area contributed by atoms with Crippen LogP contribution in [0.25, 0.3) is 0 Å². The Kier molecular flexibility index (Phi) is 7.34. The van der Waals surface area contributed by atoms with Crippen LogP contribution in [0.2, 0.25) is 5.02 Å². The molecule has 2 rings (SSSR count). The van der Waals surface area contributed by atoms with Gasteiger partial charge in [-0.15, -0.1) is 11.8 Å². The molecule has 0 aliphatic carbocycles. The third kappa shape index (κ3) is 5.14. The molecule has 1 aliphatic heterocycles. The number of carboxylic acids is 1. The highest BCUT2D eigenvalue weighted by atomic mass is 35.5. The Hall–Kier alpha value is -1.73. The summed E-state index contributed by atoms with van der Waals surface area (Å²) in [6.07, 6.45) is 0.897. The Morgan fingerprint density at radius 2 is 1.96 bits per heavy atom. The number of hydrogen-bond donors (Lipinski definition) is 1. The lowest BCUT2D eigenvalue weighted by atomic mass is 9.97. The highest BCUT2D eigenvalue weighted by Gasteiger charge is 2.28. The number of likely N-dealkylation sites (tertiary alicyclic amines) is 1. The zero-order valence-corrected chi connectivity index (χ0v) is 16.5. The number of rotatable bonds is 6. The maximum absolute atomic E-state index is 12.8. The van der Waals surface area contributed by atoms with Gasteiger partial charge in [0.15, 0.2) is 0 Å². The van der Waals surface area contributed by atoms with E-state index < -0.39 is 11.9 Å². The van der Waals surface area contributed by atoms with Gasteiger partial charge >= 0.3 is 5.97 Å². The zero-order valence-electron chi connectivity index (χ0n) is 14.9. The number of carbonyl (C=O) groups is 3. The fourth-order valence-corrected chi connectivity index (χ4v) is 3.86. The van der Waals surface area contributed by atoms with Crippen molar-refractivity contribution >= 4 is 41.1 Å². The van der Waals surface area contributed by atoms with Gasteiger partial charge in [0.2, 0.25) is 5.91 Å². The molecule has 26 heavy (non-hydrogen) atoms. The maximum Gasteiger partial charge on any atom is 0.306 e. The molecule has 0 saturated carbocycles. The molecule has 0 aromatic heterocycles. The number of piperidine rings is 1. The number of benzene rings is 1. The van der Waals surface area contributed by atoms with Crippen molar-refractivity contribution in [2.75, 3.05) is 32.4 Å². The quantitative estimate of drug-likeness (QED) is 0.745. The van der Waals surface area contributed by atoms with Crippen molar-refractivity contribution in [3.05, 3.63) is 28.8 Å². The highest BCUT2D eigenvalue weighted by Crippen LogP contribution is 2.26. The summed E-state index contributed by atoms with van der Waals surface area (Å²) in [5, 5.41) is 9.51. The number of aliphatic carboxylic acids is 1. The Balaban J connectivity index is 2.00. The van der Waals surface area contributed by atoms with Gasteiger partial charge in [-0.3, -0.25) is 14.4 Å². The van der Waals surface area contributed by atoms with E-state index in [1.807, 2.05) is 13.0 Å². The SMILES string of the molecule is CCSc1ccc(Cl)cc1C(=O)N(C)CC(=O)N1CCC(C(=O)O)CC1. The van der Waals surface area contributed by atoms with Gasteiger partial charge in [0.05, 0.1) is 18.0 Å². The molecule has 0 bridgehead atoms. The van der Waals surface area contributed by atoms with Crippen molar-refractivity contribution in [1.82, 2.24) is 9.80 Å². The van der Waals surface area contributed by atoms with Gasteiger partial charge in [0, 0.05) is 30.1 Å². The second-order valence-electron chi connectivity index (χ2n) is 6.23. The third-order valence-corrected chi connectivity index (χ3v) is 5.58. The second kappa shape index (κ2) is 9.28. The van der Waals surface area contributed by atoms with Crippen molar-refractivity contribution in [3.8, 4) is 0 Å². The molecule has 1 saturated heterocycles. The average molecular weight is 399 g/mol. The molecule has 0 spiro atoms. The number of halogens is 1. The van der Waals surface area contributed by atoms with Crippen molar-refractivity contribution in [2.45, 2.75) is 24.7 Å². The van der Waals surface area contributed by atoms with E-state index in [0.29, 0.717) is 36.5 Å². The second-order valence-corrected chi connectivity index (χ2v) is 7.97. The summed E-state index contributed by atoms with van der Waals surface area (Å²) in [4.78, 5) is 40.1. The predicted octanol–water partition coefficient (Wildman–Crippen LogP) is 2.85. The van der Waals surface area contributed by atoms with Gasteiger partial charge < -0.3 is 14.9 Å². The molecule has 0 unspecified atom stereocenters. The average Bonchev–Trinajstić information content (AvgIpc) is 2.62. The summed E-state index contributed by atoms with van der Waals surface area (Å²) in [6.45, 7) is 2.78. The van der Waals surface area contributed by atoms with Gasteiger partial charge in [-0.25, -0.2) is 0 Å². The topological polar surface area (TPSA) is 77.9 Å². The summed E-state index contributed by atoms with van der Waals surface area (Å²) >= 11 is 7.58. The van der Waals surface area contributed by atoms with Gasteiger partial charge in [-0.2, -0.15) is 0 Å². The summed E-state index contributed by atoms with van der Waals surface area (Å²) in [5.74, 6) is -0.804. The van der Waals surface area contributed by atoms with Gasteiger partial charge in [-0.05, 0) is 36.8 Å². The first kappa shape index (κ1) is 20.6. The van der Waals surface area contributed by atoms with E-state index in [0.717, 1.165) is 10.6 Å². The first-order valence-corrected chi connectivity index (χ1v) is 9.88. The fraction of sp³-hybridized carbons (Fsp3) is 0.500. The number of carbonyl (C=O) groups excluding carboxylic acids is 2. The van der Waals surface area contributed by atoms with E-state index >= 15 is 0 Å². The minimum absolute atomic E-state index is 0.0423. The summed E-state index contributed by atoms with van der Waals surface area (Å²) < 4.78 is 0. The van der Waals surface area contributed by atoms with E-state index in [-0.39, 0.29) is 18.4 Å². The molecule has 0 atom stereocenters. The molecule has 1 N–H and O–H groups in total. The summed E-state index contributed by atoms with van der Waals surface area (Å²) in [6, 6.07) is 5.19. The first-order valence-electron chi connectivity index (χ1n) is 8.51. The van der Waals surface area contributed by atoms with Crippen LogP contribution in [0.5, 0.6) is 0 Å². The molecular formula is C18H23ClN2O4S. The molecule has 1 aromatic rings. The zero-order chi connectivity index (χ0) is 19.3. The van der Waals surface area contributed by atoms with Crippen LogP contribution in [0.1, 0.15) is 30.1 Å². The first-order chi connectivity index (χ1) is 12.3. The minimum Gasteiger partial charge on any atom is -0.481 e. The van der Waals surface area contributed by atoms with Gasteiger partial charge in [0.1, 0.15) is 0 Å². The van der Waals surface area contributed by atoms with E-state index in [9.17, 15) is 14.4 Å². The van der Waals surface area contributed by atoms with E-state index in [1.54, 1.807) is 35.8 Å². The van der Waals surface area contributed by atoms with Gasteiger partial charge in [0.25, 0.3) is 5.91 Å². The number of nitrogens with zero attached hydrogens (tertiary/aromatic N) is 2. The highest BCUT2D eigenvalue weighted by molar-refractivity contribution is 7.99. The fourth-order valence-electron chi connectivity index (χ4n) is 2.91. The lowest BCUT2D eigenvalue weighted by Crippen LogP contribution is -2.45. The molecule has 1 fully saturated rings. The molecule has 0 radical (unpaired) electrons. The van der Waals surface area contributed by atoms with Crippen molar-refractivity contribution in [3.63, 3.8) is 0 Å². The van der Waals surface area contributed by atoms with Crippen LogP contribution in [-0.4, -0.2) is 65.1 Å². The number of thioether (sulfide) groups is 1. The molecule has 1 aliphatic rings. The van der Waals surface area contributed by atoms with Crippen LogP contribution < -0.4 is 0 Å². The van der Waals surface area contributed by atoms with Crippen LogP contribution in [0.4, 0.5) is 0 Å². The van der Waals surface area contributed by atoms with Crippen molar-refractivity contribution in [2.24, 2.45) is 5.92 Å². The lowest BCUT2D eigenvalue weighted by molar-refractivity contribution is -0.145. The van der Waals surface area contributed by atoms with Crippen LogP contribution in [0.15, 0.2) is 23.1 Å². The minimum atomic E-state index is -0.814. The number of carboxylic acid groups (broad SMARTS) is 1. The normalized spacial score (nSPS) is 15.0. The smallest absolute Gasteiger partial charge is 0.306 e. The molecule has 8 heteroatoms. The molecule has 1 heterocycles. The Morgan fingerprint density at radius 1 is 1.31 bits per heavy atom. The molecule has 2 amide bonds. The molecule has 6 nitrogen and oxygen atoms in total. The lowest BCUT2D eigenvalue weighted by Gasteiger charge is -2.31. The van der Waals surface area contributed by atoms with Crippen LogP contribution >= 0.6 is 23.4 Å². The Morgan fingerprint density at radius 3 is 2.54 bits per heavy atom. The maximum atomic E-state index is 12.8. The number of amides is 2. The summed E-state index contributed by atoms with van der Waals surface area (Å²) in [5.41, 5.74) is 0.490. The number of hydrogen-bond acceptors (Lipinski definition) is 4. The van der Waals surface area contributed by atoms with Crippen LogP contribution in [-0.2, 0) is 9.59 Å². The summed E-state index contributed by atoms with van der Waals surface area (Å²) in [7, 11) is 1.59. The van der Waals surface area contributed by atoms with Gasteiger partial charge in [-0.1, -0.05) is 18.5 Å². The monoisotopic (exact) mass is 398 g/mol. The predicted molar refractivity (Wildman–Crippen MR) is 102 cm³/mol. The Bertz CT molecular complexity index is 690. The molecule has 1 aromatic carbocycles. The number of likely N-dealkylation sites (N-methyl/N-ethyl adjacent to an activating group) is 1. The van der Waals surface area contributed by atoms with Crippen molar-refractivity contribution < 1.29 is 19.5 Å².